The smallest absolute Gasteiger partial charge is 0.347 e. The minimum Gasteiger partial charge on any atom is -0.347 e. The Labute approximate surface area is 141 Å². The van der Waals surface area contributed by atoms with Gasteiger partial charge in [-0.2, -0.15) is 13.2 Å². The number of carbonyl (C=O) groups is 1. The van der Waals surface area contributed by atoms with Crippen LogP contribution in [0.15, 0.2) is 35.2 Å². The average molecular weight is 374 g/mol. The maximum atomic E-state index is 12.7. The Hall–Kier alpha value is -2.53. The third kappa shape index (κ3) is 4.97. The number of hydrogen-bond donors (Lipinski definition) is 2. The summed E-state index contributed by atoms with van der Waals surface area (Å²) in [7, 11) is -3.83. The zero-order chi connectivity index (χ0) is 18.8. The van der Waals surface area contributed by atoms with Gasteiger partial charge in [0.2, 0.25) is 10.0 Å². The molecule has 1 aromatic carbocycles. The van der Waals surface area contributed by atoms with Gasteiger partial charge < -0.3 is 5.32 Å². The predicted molar refractivity (Wildman–Crippen MR) is 80.8 cm³/mol. The molecule has 2 rings (SSSR count). The third-order valence-electron chi connectivity index (χ3n) is 3.07. The maximum Gasteiger partial charge on any atom is 0.433 e. The van der Waals surface area contributed by atoms with E-state index in [0.29, 0.717) is 11.6 Å². The minimum atomic E-state index is -4.69. The number of primary sulfonamides is 1. The molecule has 25 heavy (non-hydrogen) atoms. The van der Waals surface area contributed by atoms with Gasteiger partial charge in [-0.05, 0) is 24.6 Å². The van der Waals surface area contributed by atoms with Gasteiger partial charge in [-0.1, -0.05) is 12.1 Å². The third-order valence-corrected chi connectivity index (χ3v) is 4.00. The molecule has 0 bridgehead atoms. The van der Waals surface area contributed by atoms with Crippen molar-refractivity contribution in [1.29, 1.82) is 0 Å². The molecule has 0 radical (unpaired) electrons. The fraction of sp³-hybridized carbons (Fsp3) is 0.214. The minimum absolute atomic E-state index is 0.0336. The van der Waals surface area contributed by atoms with E-state index < -0.39 is 33.5 Å². The number of nitrogens with zero attached hydrogens (tertiary/aromatic N) is 2. The van der Waals surface area contributed by atoms with Gasteiger partial charge in [0.05, 0.1) is 4.90 Å². The van der Waals surface area contributed by atoms with Crippen LogP contribution in [0, 0.1) is 6.92 Å². The van der Waals surface area contributed by atoms with E-state index in [1.807, 2.05) is 0 Å². The number of nitrogens with one attached hydrogen (secondary N) is 1. The molecule has 0 aliphatic heterocycles. The monoisotopic (exact) mass is 374 g/mol. The molecule has 0 atom stereocenters. The molecule has 0 saturated heterocycles. The first-order valence-electron chi connectivity index (χ1n) is 6.79. The Morgan fingerprint density at radius 2 is 1.80 bits per heavy atom. The lowest BCUT2D eigenvalue weighted by molar-refractivity contribution is -0.141. The molecular weight excluding hydrogens is 361 g/mol. The van der Waals surface area contributed by atoms with Crippen molar-refractivity contribution in [1.82, 2.24) is 15.3 Å². The number of rotatable bonds is 4. The van der Waals surface area contributed by atoms with E-state index in [0.717, 1.165) is 0 Å². The van der Waals surface area contributed by atoms with Crippen LogP contribution in [0.4, 0.5) is 13.2 Å². The van der Waals surface area contributed by atoms with Crippen LogP contribution in [0.5, 0.6) is 0 Å². The van der Waals surface area contributed by atoms with Gasteiger partial charge in [-0.3, -0.25) is 4.79 Å². The summed E-state index contributed by atoms with van der Waals surface area (Å²) in [6.07, 6.45) is -4.69. The highest BCUT2D eigenvalue weighted by molar-refractivity contribution is 7.89. The first-order valence-corrected chi connectivity index (χ1v) is 8.34. The first-order chi connectivity index (χ1) is 11.5. The van der Waals surface area contributed by atoms with Crippen LogP contribution < -0.4 is 10.5 Å². The molecule has 3 N–H and O–H groups in total. The van der Waals surface area contributed by atoms with Crippen LogP contribution >= 0.6 is 0 Å². The Morgan fingerprint density at radius 3 is 2.32 bits per heavy atom. The van der Waals surface area contributed by atoms with E-state index in [1.165, 1.54) is 31.2 Å². The van der Waals surface area contributed by atoms with Crippen molar-refractivity contribution < 1.29 is 26.4 Å². The topological polar surface area (TPSA) is 115 Å². The number of alkyl halides is 3. The van der Waals surface area contributed by atoms with Crippen molar-refractivity contribution in [2.45, 2.75) is 24.5 Å². The van der Waals surface area contributed by atoms with Gasteiger partial charge in [-0.15, -0.1) is 0 Å². The van der Waals surface area contributed by atoms with E-state index in [2.05, 4.69) is 15.3 Å². The number of halogens is 3. The SMILES string of the molecule is Cc1nc(C(=O)NCc2ccc(S(N)(=O)=O)cc2)cc(C(F)(F)F)n1. The zero-order valence-electron chi connectivity index (χ0n) is 12.8. The molecule has 0 fully saturated rings. The molecule has 0 spiro atoms. The molecule has 7 nitrogen and oxygen atoms in total. The number of aryl methyl sites for hydroxylation is 1. The molecule has 0 aliphatic rings. The number of aromatic nitrogens is 2. The van der Waals surface area contributed by atoms with Gasteiger partial charge in [-0.25, -0.2) is 23.5 Å². The lowest BCUT2D eigenvalue weighted by Crippen LogP contribution is -2.25. The Kier molecular flexibility index (Phi) is 5.09. The number of hydrogen-bond acceptors (Lipinski definition) is 5. The summed E-state index contributed by atoms with van der Waals surface area (Å²) in [5, 5.41) is 7.37. The number of carbonyl (C=O) groups excluding carboxylic acids is 1. The van der Waals surface area contributed by atoms with E-state index in [-0.39, 0.29) is 17.3 Å². The first kappa shape index (κ1) is 18.8. The van der Waals surface area contributed by atoms with Gasteiger partial charge in [0.1, 0.15) is 17.2 Å². The van der Waals surface area contributed by atoms with Crippen LogP contribution in [-0.4, -0.2) is 24.3 Å². The fourth-order valence-electron chi connectivity index (χ4n) is 1.90. The molecule has 1 heterocycles. The van der Waals surface area contributed by atoms with Gasteiger partial charge >= 0.3 is 6.18 Å². The van der Waals surface area contributed by atoms with Crippen molar-refractivity contribution in [3.63, 3.8) is 0 Å². The Morgan fingerprint density at radius 1 is 1.20 bits per heavy atom. The summed E-state index contributed by atoms with van der Waals surface area (Å²) in [6, 6.07) is 5.92. The molecule has 134 valence electrons. The standard InChI is InChI=1S/C14H13F3N4O3S/c1-8-20-11(6-12(21-8)14(15,16)17)13(22)19-7-9-2-4-10(5-3-9)25(18,23)24/h2-6H,7H2,1H3,(H,19,22)(H2,18,23,24). The quantitative estimate of drug-likeness (QED) is 0.839. The van der Waals surface area contributed by atoms with Crippen LogP contribution in [-0.2, 0) is 22.7 Å². The van der Waals surface area contributed by atoms with E-state index in [4.69, 9.17) is 5.14 Å². The summed E-state index contributed by atoms with van der Waals surface area (Å²) in [6.45, 7) is 1.21. The average Bonchev–Trinajstić information content (AvgIpc) is 2.50. The zero-order valence-corrected chi connectivity index (χ0v) is 13.6. The van der Waals surface area contributed by atoms with Crippen LogP contribution in [0.25, 0.3) is 0 Å². The molecule has 11 heteroatoms. The molecule has 0 aliphatic carbocycles. The van der Waals surface area contributed by atoms with Crippen molar-refractivity contribution in [3.05, 3.63) is 53.1 Å². The Bertz CT molecular complexity index is 897. The van der Waals surface area contributed by atoms with Crippen LogP contribution in [0.1, 0.15) is 27.6 Å². The molecule has 2 aromatic rings. The van der Waals surface area contributed by atoms with Crippen molar-refractivity contribution >= 4 is 15.9 Å². The number of nitrogens with two attached hydrogens (primary N) is 1. The highest BCUT2D eigenvalue weighted by Gasteiger charge is 2.33. The summed E-state index contributed by atoms with van der Waals surface area (Å²) in [5.74, 6) is -0.996. The van der Waals surface area contributed by atoms with E-state index >= 15 is 0 Å². The molecular formula is C14H13F3N4O3S. The van der Waals surface area contributed by atoms with E-state index in [9.17, 15) is 26.4 Å². The molecule has 1 amide bonds. The summed E-state index contributed by atoms with van der Waals surface area (Å²) in [4.78, 5) is 18.8. The van der Waals surface area contributed by atoms with Crippen LogP contribution in [0.3, 0.4) is 0 Å². The number of amides is 1. The maximum absolute atomic E-state index is 12.7. The van der Waals surface area contributed by atoms with Gasteiger partial charge in [0.15, 0.2) is 0 Å². The summed E-state index contributed by atoms with van der Waals surface area (Å²) in [5.41, 5.74) is -1.09. The van der Waals surface area contributed by atoms with E-state index in [1.54, 1.807) is 0 Å². The lowest BCUT2D eigenvalue weighted by atomic mass is 10.2. The second-order valence-corrected chi connectivity index (χ2v) is 6.62. The summed E-state index contributed by atoms with van der Waals surface area (Å²) >= 11 is 0. The number of benzene rings is 1. The second-order valence-electron chi connectivity index (χ2n) is 5.06. The van der Waals surface area contributed by atoms with Gasteiger partial charge in [0.25, 0.3) is 5.91 Å². The van der Waals surface area contributed by atoms with Crippen LogP contribution in [0.2, 0.25) is 0 Å². The highest BCUT2D eigenvalue weighted by atomic mass is 32.2. The van der Waals surface area contributed by atoms with Crippen molar-refractivity contribution in [3.8, 4) is 0 Å². The molecule has 0 unspecified atom stereocenters. The Balaban J connectivity index is 2.12. The molecule has 1 aromatic heterocycles. The summed E-state index contributed by atoms with van der Waals surface area (Å²) < 4.78 is 60.4. The van der Waals surface area contributed by atoms with Crippen molar-refractivity contribution in [2.24, 2.45) is 5.14 Å². The highest BCUT2D eigenvalue weighted by Crippen LogP contribution is 2.27. The normalized spacial score (nSPS) is 12.0. The largest absolute Gasteiger partial charge is 0.433 e. The molecule has 0 saturated carbocycles. The lowest BCUT2D eigenvalue weighted by Gasteiger charge is -2.09. The fourth-order valence-corrected chi connectivity index (χ4v) is 2.41. The predicted octanol–water partition coefficient (Wildman–Crippen LogP) is 1.38. The second kappa shape index (κ2) is 6.76. The van der Waals surface area contributed by atoms with Crippen molar-refractivity contribution in [2.75, 3.05) is 0 Å². The van der Waals surface area contributed by atoms with Gasteiger partial charge in [0, 0.05) is 12.6 Å². The number of sulfonamides is 1.